The maximum atomic E-state index is 4.33. The van der Waals surface area contributed by atoms with E-state index in [1.165, 1.54) is 6.42 Å². The van der Waals surface area contributed by atoms with Gasteiger partial charge in [0.05, 0.1) is 0 Å². The van der Waals surface area contributed by atoms with Crippen molar-refractivity contribution in [3.05, 3.63) is 24.4 Å². The molecule has 0 saturated heterocycles. The lowest BCUT2D eigenvalue weighted by Gasteiger charge is -2.23. The fraction of sp³-hybridized carbons (Fsp3) is 0.583. The zero-order valence-electron chi connectivity index (χ0n) is 9.90. The van der Waals surface area contributed by atoms with E-state index in [1.54, 1.807) is 0 Å². The summed E-state index contributed by atoms with van der Waals surface area (Å²) in [6.07, 6.45) is 3.03. The topological polar surface area (TPSA) is 28.2 Å². The average Bonchev–Trinajstić information content (AvgIpc) is 2.29. The molecule has 1 aromatic rings. The third-order valence-corrected chi connectivity index (χ3v) is 2.64. The number of aromatic nitrogens is 1. The largest absolute Gasteiger partial charge is 0.359 e. The van der Waals surface area contributed by atoms with Crippen LogP contribution in [0, 0.1) is 5.92 Å². The Bertz CT molecular complexity index is 261. The molecule has 1 unspecified atom stereocenters. The van der Waals surface area contributed by atoms with Gasteiger partial charge < -0.3 is 10.2 Å². The van der Waals surface area contributed by atoms with Gasteiger partial charge in [0.15, 0.2) is 0 Å². The highest BCUT2D eigenvalue weighted by molar-refractivity contribution is 5.36. The van der Waals surface area contributed by atoms with Crippen LogP contribution in [0.15, 0.2) is 24.4 Å². The van der Waals surface area contributed by atoms with Crippen LogP contribution in [0.5, 0.6) is 0 Å². The highest BCUT2D eigenvalue weighted by atomic mass is 15.2. The summed E-state index contributed by atoms with van der Waals surface area (Å²) in [5.41, 5.74) is 0. The van der Waals surface area contributed by atoms with Crippen LogP contribution in [0.2, 0.25) is 0 Å². The molecule has 1 N–H and O–H groups in total. The van der Waals surface area contributed by atoms with Crippen LogP contribution in [0.25, 0.3) is 0 Å². The van der Waals surface area contributed by atoms with Crippen LogP contribution in [0.3, 0.4) is 0 Å². The summed E-state index contributed by atoms with van der Waals surface area (Å²) in [6.45, 7) is 4.34. The first-order chi connectivity index (χ1) is 7.27. The summed E-state index contributed by atoms with van der Waals surface area (Å²) in [7, 11) is 4.10. The van der Waals surface area contributed by atoms with Gasteiger partial charge in [-0.15, -0.1) is 0 Å². The number of hydrogen-bond donors (Lipinski definition) is 1. The molecule has 15 heavy (non-hydrogen) atoms. The summed E-state index contributed by atoms with van der Waals surface area (Å²) < 4.78 is 0. The molecule has 0 saturated carbocycles. The zero-order chi connectivity index (χ0) is 11.1. The van der Waals surface area contributed by atoms with Gasteiger partial charge in [-0.25, -0.2) is 4.98 Å². The predicted molar refractivity (Wildman–Crippen MR) is 65.2 cm³/mol. The Labute approximate surface area is 92.5 Å². The number of nitrogens with zero attached hydrogens (tertiary/aromatic N) is 2. The number of hydrogen-bond acceptors (Lipinski definition) is 3. The van der Waals surface area contributed by atoms with E-state index in [1.807, 2.05) is 31.4 Å². The number of rotatable bonds is 6. The predicted octanol–water partition coefficient (Wildman–Crippen LogP) is 1.76. The van der Waals surface area contributed by atoms with E-state index in [2.05, 4.69) is 29.2 Å². The molecule has 1 heterocycles. The number of anilines is 1. The second-order valence-corrected chi connectivity index (χ2v) is 3.90. The van der Waals surface area contributed by atoms with Crippen LogP contribution in [0.4, 0.5) is 5.82 Å². The molecule has 1 rings (SSSR count). The molecule has 0 amide bonds. The van der Waals surface area contributed by atoms with Crippen molar-refractivity contribution < 1.29 is 0 Å². The molecule has 0 radical (unpaired) electrons. The molecule has 1 aromatic heterocycles. The lowest BCUT2D eigenvalue weighted by Crippen LogP contribution is -2.31. The highest BCUT2D eigenvalue weighted by Crippen LogP contribution is 2.10. The molecule has 0 fully saturated rings. The molecule has 0 aliphatic rings. The van der Waals surface area contributed by atoms with Gasteiger partial charge in [0.25, 0.3) is 0 Å². The molecule has 0 bridgehead atoms. The van der Waals surface area contributed by atoms with Crippen molar-refractivity contribution in [2.75, 3.05) is 32.1 Å². The Morgan fingerprint density at radius 3 is 2.80 bits per heavy atom. The first kappa shape index (κ1) is 12.0. The van der Waals surface area contributed by atoms with E-state index in [9.17, 15) is 0 Å². The summed E-state index contributed by atoms with van der Waals surface area (Å²) in [6, 6.07) is 6.02. The van der Waals surface area contributed by atoms with Crippen LogP contribution >= 0.6 is 0 Å². The molecule has 0 aliphatic carbocycles. The van der Waals surface area contributed by atoms with E-state index in [4.69, 9.17) is 0 Å². The molecule has 0 spiro atoms. The zero-order valence-corrected chi connectivity index (χ0v) is 9.90. The van der Waals surface area contributed by atoms with E-state index >= 15 is 0 Å². The van der Waals surface area contributed by atoms with Crippen LogP contribution in [-0.4, -0.2) is 32.2 Å². The first-order valence-corrected chi connectivity index (χ1v) is 5.54. The minimum atomic E-state index is 0.682. The van der Waals surface area contributed by atoms with Gasteiger partial charge in [0, 0.05) is 19.8 Å². The van der Waals surface area contributed by atoms with Crippen molar-refractivity contribution in [3.63, 3.8) is 0 Å². The summed E-state index contributed by atoms with van der Waals surface area (Å²) in [5, 5.41) is 3.23. The second-order valence-electron chi connectivity index (χ2n) is 3.90. The van der Waals surface area contributed by atoms with Gasteiger partial charge in [0.2, 0.25) is 0 Å². The average molecular weight is 207 g/mol. The highest BCUT2D eigenvalue weighted by Gasteiger charge is 2.09. The molecule has 3 heteroatoms. The Morgan fingerprint density at radius 1 is 1.47 bits per heavy atom. The van der Waals surface area contributed by atoms with Crippen molar-refractivity contribution in [2.45, 2.75) is 13.3 Å². The summed E-state index contributed by atoms with van der Waals surface area (Å²) in [5.74, 6) is 1.73. The fourth-order valence-electron chi connectivity index (χ4n) is 1.69. The third kappa shape index (κ3) is 3.88. The Hall–Kier alpha value is -1.09. The summed E-state index contributed by atoms with van der Waals surface area (Å²) in [4.78, 5) is 6.55. The minimum absolute atomic E-state index is 0.682. The second kappa shape index (κ2) is 6.40. The van der Waals surface area contributed by atoms with Crippen molar-refractivity contribution in [3.8, 4) is 0 Å². The van der Waals surface area contributed by atoms with Gasteiger partial charge in [-0.05, 0) is 31.6 Å². The number of nitrogens with one attached hydrogen (secondary N) is 1. The van der Waals surface area contributed by atoms with Crippen molar-refractivity contribution in [1.29, 1.82) is 0 Å². The molecule has 3 nitrogen and oxygen atoms in total. The van der Waals surface area contributed by atoms with Crippen molar-refractivity contribution in [1.82, 2.24) is 10.3 Å². The van der Waals surface area contributed by atoms with Crippen molar-refractivity contribution >= 4 is 5.82 Å². The first-order valence-electron chi connectivity index (χ1n) is 5.54. The maximum absolute atomic E-state index is 4.33. The SMILES string of the molecule is CCC(CNC)CN(C)c1ccccn1. The Kier molecular flexibility index (Phi) is 5.12. The van der Waals surface area contributed by atoms with E-state index in [-0.39, 0.29) is 0 Å². The molecular weight excluding hydrogens is 186 g/mol. The quantitative estimate of drug-likeness (QED) is 0.770. The third-order valence-electron chi connectivity index (χ3n) is 2.64. The molecule has 0 aliphatic heterocycles. The molecular formula is C12H21N3. The monoisotopic (exact) mass is 207 g/mol. The van der Waals surface area contributed by atoms with Gasteiger partial charge in [-0.1, -0.05) is 19.4 Å². The maximum Gasteiger partial charge on any atom is 0.128 e. The summed E-state index contributed by atoms with van der Waals surface area (Å²) >= 11 is 0. The van der Waals surface area contributed by atoms with E-state index in [0.29, 0.717) is 5.92 Å². The fourth-order valence-corrected chi connectivity index (χ4v) is 1.69. The van der Waals surface area contributed by atoms with Crippen molar-refractivity contribution in [2.24, 2.45) is 5.92 Å². The molecule has 84 valence electrons. The molecule has 1 atom stereocenters. The van der Waals surface area contributed by atoms with Crippen LogP contribution in [0.1, 0.15) is 13.3 Å². The standard InChI is InChI=1S/C12H21N3/c1-4-11(9-13-2)10-15(3)12-7-5-6-8-14-12/h5-8,11,13H,4,9-10H2,1-3H3. The lowest BCUT2D eigenvalue weighted by molar-refractivity contribution is 0.483. The smallest absolute Gasteiger partial charge is 0.128 e. The van der Waals surface area contributed by atoms with Gasteiger partial charge >= 0.3 is 0 Å². The van der Waals surface area contributed by atoms with Gasteiger partial charge in [-0.3, -0.25) is 0 Å². The van der Waals surface area contributed by atoms with E-state index < -0.39 is 0 Å². The van der Waals surface area contributed by atoms with Gasteiger partial charge in [0.1, 0.15) is 5.82 Å². The van der Waals surface area contributed by atoms with E-state index in [0.717, 1.165) is 18.9 Å². The lowest BCUT2D eigenvalue weighted by atomic mass is 10.1. The molecule has 0 aromatic carbocycles. The minimum Gasteiger partial charge on any atom is -0.359 e. The van der Waals surface area contributed by atoms with Gasteiger partial charge in [-0.2, -0.15) is 0 Å². The number of pyridine rings is 1. The Morgan fingerprint density at radius 2 is 2.27 bits per heavy atom. The normalized spacial score (nSPS) is 12.5. The van der Waals surface area contributed by atoms with Crippen LogP contribution in [-0.2, 0) is 0 Å². The Balaban J connectivity index is 2.50. The van der Waals surface area contributed by atoms with Crippen LogP contribution < -0.4 is 10.2 Å².